The van der Waals surface area contributed by atoms with Gasteiger partial charge in [-0.1, -0.05) is 6.42 Å². The van der Waals surface area contributed by atoms with Crippen LogP contribution in [0, 0.1) is 11.3 Å². The molecule has 12 heavy (non-hydrogen) atoms. The molecule has 1 unspecified atom stereocenters. The summed E-state index contributed by atoms with van der Waals surface area (Å²) in [4.78, 5) is 2.43. The Hall–Kier alpha value is -0.550. The van der Waals surface area contributed by atoms with Gasteiger partial charge in [0.25, 0.3) is 0 Å². The Labute approximate surface area is 74.2 Å². The van der Waals surface area contributed by atoms with Crippen molar-refractivity contribution in [2.75, 3.05) is 6.54 Å². The highest BCUT2D eigenvalue weighted by molar-refractivity contribution is 5.20. The van der Waals surface area contributed by atoms with E-state index in [1.165, 1.54) is 19.3 Å². The van der Waals surface area contributed by atoms with E-state index in [2.05, 4.69) is 17.9 Å². The van der Waals surface area contributed by atoms with Gasteiger partial charge >= 0.3 is 0 Å². The summed E-state index contributed by atoms with van der Waals surface area (Å²) >= 11 is 0. The lowest BCUT2D eigenvalue weighted by atomic mass is 10.0. The van der Waals surface area contributed by atoms with E-state index in [9.17, 15) is 0 Å². The summed E-state index contributed by atoms with van der Waals surface area (Å²) in [6.07, 6.45) is 6.12. The fraction of sp³-hybridized carbons (Fsp3) is 0.900. The summed E-state index contributed by atoms with van der Waals surface area (Å²) in [5, 5.41) is 9.03. The quantitative estimate of drug-likeness (QED) is 0.592. The molecular weight excluding hydrogens is 148 g/mol. The zero-order valence-corrected chi connectivity index (χ0v) is 7.71. The highest BCUT2D eigenvalue weighted by atomic mass is 15.3. The van der Waals surface area contributed by atoms with E-state index in [0.29, 0.717) is 6.04 Å². The largest absolute Gasteiger partial charge is 0.283 e. The van der Waals surface area contributed by atoms with Gasteiger partial charge in [-0.2, -0.15) is 5.26 Å². The highest BCUT2D eigenvalue weighted by Gasteiger charge is 2.50. The molecule has 0 spiro atoms. The van der Waals surface area contributed by atoms with Gasteiger partial charge in [0.05, 0.1) is 6.07 Å². The van der Waals surface area contributed by atoms with Crippen LogP contribution in [0.15, 0.2) is 0 Å². The summed E-state index contributed by atoms with van der Waals surface area (Å²) < 4.78 is 0. The summed E-state index contributed by atoms with van der Waals surface area (Å²) in [6, 6.07) is 3.12. The Morgan fingerprint density at radius 2 is 2.17 bits per heavy atom. The Balaban J connectivity index is 2.07. The SMILES string of the molecule is CC1CCCCN1C1(C#N)CC1. The van der Waals surface area contributed by atoms with E-state index in [1.54, 1.807) is 0 Å². The molecule has 1 atom stereocenters. The lowest BCUT2D eigenvalue weighted by Crippen LogP contribution is -2.45. The maximum atomic E-state index is 9.03. The van der Waals surface area contributed by atoms with Crippen LogP contribution in [0.5, 0.6) is 0 Å². The van der Waals surface area contributed by atoms with Gasteiger partial charge in [0.2, 0.25) is 0 Å². The number of nitrogens with zero attached hydrogens (tertiary/aromatic N) is 2. The van der Waals surface area contributed by atoms with Gasteiger partial charge in [0.1, 0.15) is 5.54 Å². The predicted octanol–water partition coefficient (Wildman–Crippen LogP) is 1.92. The number of likely N-dealkylation sites (tertiary alicyclic amines) is 1. The minimum Gasteiger partial charge on any atom is -0.283 e. The van der Waals surface area contributed by atoms with Crippen molar-refractivity contribution in [3.63, 3.8) is 0 Å². The average molecular weight is 164 g/mol. The fourth-order valence-electron chi connectivity index (χ4n) is 2.32. The van der Waals surface area contributed by atoms with Crippen LogP contribution in [0.1, 0.15) is 39.0 Å². The first kappa shape index (κ1) is 8.07. The number of hydrogen-bond acceptors (Lipinski definition) is 2. The van der Waals surface area contributed by atoms with Crippen LogP contribution in [0.3, 0.4) is 0 Å². The standard InChI is InChI=1S/C10H16N2/c1-9-4-2-3-7-12(9)10(8-11)5-6-10/h9H,2-7H2,1H3. The van der Waals surface area contributed by atoms with Gasteiger partial charge in [0.15, 0.2) is 0 Å². The molecule has 2 aliphatic rings. The van der Waals surface area contributed by atoms with E-state index >= 15 is 0 Å². The monoisotopic (exact) mass is 164 g/mol. The maximum absolute atomic E-state index is 9.03. The van der Waals surface area contributed by atoms with Gasteiger partial charge in [0, 0.05) is 6.04 Å². The average Bonchev–Trinajstić information content (AvgIpc) is 2.86. The molecule has 2 rings (SSSR count). The number of piperidine rings is 1. The third-order valence-corrected chi connectivity index (χ3v) is 3.28. The van der Waals surface area contributed by atoms with E-state index in [4.69, 9.17) is 5.26 Å². The second-order valence-electron chi connectivity index (χ2n) is 4.18. The van der Waals surface area contributed by atoms with Crippen molar-refractivity contribution in [2.24, 2.45) is 0 Å². The summed E-state index contributed by atoms with van der Waals surface area (Å²) in [5.41, 5.74) is -0.0279. The summed E-state index contributed by atoms with van der Waals surface area (Å²) in [7, 11) is 0. The minimum atomic E-state index is -0.0279. The van der Waals surface area contributed by atoms with E-state index in [1.807, 2.05) is 0 Å². The van der Waals surface area contributed by atoms with Crippen molar-refractivity contribution in [3.05, 3.63) is 0 Å². The topological polar surface area (TPSA) is 27.0 Å². The van der Waals surface area contributed by atoms with Crippen molar-refractivity contribution in [1.29, 1.82) is 5.26 Å². The third kappa shape index (κ3) is 1.13. The van der Waals surface area contributed by atoms with Crippen LogP contribution in [0.2, 0.25) is 0 Å². The fourth-order valence-corrected chi connectivity index (χ4v) is 2.32. The maximum Gasteiger partial charge on any atom is 0.109 e. The van der Waals surface area contributed by atoms with Gasteiger partial charge in [-0.3, -0.25) is 4.90 Å². The zero-order chi connectivity index (χ0) is 8.60. The first-order chi connectivity index (χ1) is 5.78. The van der Waals surface area contributed by atoms with Gasteiger partial charge in [-0.05, 0) is 39.2 Å². The molecule has 0 aromatic rings. The van der Waals surface area contributed by atoms with Crippen molar-refractivity contribution >= 4 is 0 Å². The molecule has 1 aliphatic heterocycles. The molecular formula is C10H16N2. The highest BCUT2D eigenvalue weighted by Crippen LogP contribution is 2.43. The third-order valence-electron chi connectivity index (χ3n) is 3.28. The van der Waals surface area contributed by atoms with Gasteiger partial charge in [-0.25, -0.2) is 0 Å². The van der Waals surface area contributed by atoms with Gasteiger partial charge in [-0.15, -0.1) is 0 Å². The normalized spacial score (nSPS) is 34.2. The van der Waals surface area contributed by atoms with Crippen LogP contribution in [-0.4, -0.2) is 23.0 Å². The van der Waals surface area contributed by atoms with Crippen LogP contribution in [0.4, 0.5) is 0 Å². The molecule has 1 saturated carbocycles. The second kappa shape index (κ2) is 2.74. The first-order valence-corrected chi connectivity index (χ1v) is 4.96. The predicted molar refractivity (Wildman–Crippen MR) is 47.6 cm³/mol. The Bertz CT molecular complexity index is 212. The van der Waals surface area contributed by atoms with E-state index < -0.39 is 0 Å². The molecule has 2 nitrogen and oxygen atoms in total. The van der Waals surface area contributed by atoms with E-state index in [-0.39, 0.29) is 5.54 Å². The number of hydrogen-bond donors (Lipinski definition) is 0. The molecule has 2 fully saturated rings. The van der Waals surface area contributed by atoms with Crippen LogP contribution in [-0.2, 0) is 0 Å². The molecule has 2 heteroatoms. The smallest absolute Gasteiger partial charge is 0.109 e. The van der Waals surface area contributed by atoms with Crippen molar-refractivity contribution < 1.29 is 0 Å². The summed E-state index contributed by atoms with van der Waals surface area (Å²) in [5.74, 6) is 0. The van der Waals surface area contributed by atoms with Crippen LogP contribution in [0.25, 0.3) is 0 Å². The van der Waals surface area contributed by atoms with Gasteiger partial charge < -0.3 is 0 Å². The molecule has 0 amide bonds. The number of rotatable bonds is 1. The molecule has 1 heterocycles. The van der Waals surface area contributed by atoms with Crippen molar-refractivity contribution in [2.45, 2.75) is 50.6 Å². The molecule has 0 aromatic heterocycles. The molecule has 0 N–H and O–H groups in total. The summed E-state index contributed by atoms with van der Waals surface area (Å²) in [6.45, 7) is 3.41. The van der Waals surface area contributed by atoms with Crippen LogP contribution < -0.4 is 0 Å². The Morgan fingerprint density at radius 1 is 1.42 bits per heavy atom. The molecule has 0 radical (unpaired) electrons. The number of nitriles is 1. The Kier molecular flexibility index (Phi) is 1.84. The zero-order valence-electron chi connectivity index (χ0n) is 7.71. The lowest BCUT2D eigenvalue weighted by Gasteiger charge is -2.36. The minimum absolute atomic E-state index is 0.0279. The van der Waals surface area contributed by atoms with Crippen molar-refractivity contribution in [3.8, 4) is 6.07 Å². The van der Waals surface area contributed by atoms with Crippen molar-refractivity contribution in [1.82, 2.24) is 4.90 Å². The molecule has 0 bridgehead atoms. The Morgan fingerprint density at radius 3 is 2.67 bits per heavy atom. The molecule has 1 aliphatic carbocycles. The lowest BCUT2D eigenvalue weighted by molar-refractivity contribution is 0.119. The van der Waals surface area contributed by atoms with Crippen LogP contribution >= 0.6 is 0 Å². The van der Waals surface area contributed by atoms with E-state index in [0.717, 1.165) is 19.4 Å². The second-order valence-corrected chi connectivity index (χ2v) is 4.18. The first-order valence-electron chi connectivity index (χ1n) is 4.96. The molecule has 66 valence electrons. The molecule has 1 saturated heterocycles. The molecule has 0 aromatic carbocycles.